The fourth-order valence-electron chi connectivity index (χ4n) is 0.899. The number of halogens is 2. The molecule has 80 valence electrons. The van der Waals surface area contributed by atoms with Gasteiger partial charge in [-0.15, -0.1) is 0 Å². The normalized spacial score (nSPS) is 16.2. The average molecular weight is 197 g/mol. The smallest absolute Gasteiger partial charge is 0.265 e. The first kappa shape index (κ1) is 12.7. The van der Waals surface area contributed by atoms with Gasteiger partial charge in [0.15, 0.2) is 0 Å². The van der Waals surface area contributed by atoms with Crippen molar-refractivity contribution in [2.45, 2.75) is 31.9 Å². The fourth-order valence-corrected chi connectivity index (χ4v) is 0.899. The zero-order valence-electron chi connectivity index (χ0n) is 7.96. The van der Waals surface area contributed by atoms with E-state index in [9.17, 15) is 8.78 Å². The van der Waals surface area contributed by atoms with Gasteiger partial charge in [0.1, 0.15) is 6.10 Å². The number of aliphatic hydroxyl groups excluding tert-OH is 1. The monoisotopic (exact) mass is 197 g/mol. The van der Waals surface area contributed by atoms with Crippen LogP contribution < -0.4 is 5.32 Å². The summed E-state index contributed by atoms with van der Waals surface area (Å²) in [5, 5.41) is 11.6. The first-order chi connectivity index (χ1) is 6.11. The largest absolute Gasteiger partial charge is 0.386 e. The Labute approximate surface area is 77.1 Å². The van der Waals surface area contributed by atoms with Crippen molar-refractivity contribution >= 4 is 0 Å². The van der Waals surface area contributed by atoms with Crippen molar-refractivity contribution in [1.29, 1.82) is 0 Å². The third-order valence-electron chi connectivity index (χ3n) is 1.77. The molecule has 2 unspecified atom stereocenters. The Morgan fingerprint density at radius 1 is 1.46 bits per heavy atom. The Morgan fingerprint density at radius 3 is 2.46 bits per heavy atom. The van der Waals surface area contributed by atoms with Gasteiger partial charge >= 0.3 is 0 Å². The second-order valence-electron chi connectivity index (χ2n) is 2.87. The van der Waals surface area contributed by atoms with Crippen molar-refractivity contribution in [2.24, 2.45) is 0 Å². The maximum atomic E-state index is 11.8. The van der Waals surface area contributed by atoms with Crippen molar-refractivity contribution in [2.75, 3.05) is 20.3 Å². The molecule has 0 saturated carbocycles. The lowest BCUT2D eigenvalue weighted by Gasteiger charge is -2.18. The van der Waals surface area contributed by atoms with E-state index in [0.29, 0.717) is 6.61 Å². The minimum absolute atomic E-state index is 0.0263. The third kappa shape index (κ3) is 5.90. The molecule has 0 aliphatic rings. The standard InChI is InChI=1S/C8H17F2NO2/c1-3-6(5-13-2)11-4-7(12)8(9)10/h6-8,11-12H,3-5H2,1-2H3. The summed E-state index contributed by atoms with van der Waals surface area (Å²) < 4.78 is 28.6. The lowest BCUT2D eigenvalue weighted by Crippen LogP contribution is -2.40. The highest BCUT2D eigenvalue weighted by molar-refractivity contribution is 4.68. The Balaban J connectivity index is 3.58. The first-order valence-corrected chi connectivity index (χ1v) is 4.30. The molecule has 5 heteroatoms. The number of methoxy groups -OCH3 is 1. The molecule has 13 heavy (non-hydrogen) atoms. The lowest BCUT2D eigenvalue weighted by molar-refractivity contribution is -0.00610. The molecule has 0 radical (unpaired) electrons. The third-order valence-corrected chi connectivity index (χ3v) is 1.77. The second-order valence-corrected chi connectivity index (χ2v) is 2.87. The zero-order valence-corrected chi connectivity index (χ0v) is 7.96. The van der Waals surface area contributed by atoms with E-state index in [1.165, 1.54) is 0 Å². The van der Waals surface area contributed by atoms with Crippen molar-refractivity contribution in [3.8, 4) is 0 Å². The summed E-state index contributed by atoms with van der Waals surface area (Å²) >= 11 is 0. The lowest BCUT2D eigenvalue weighted by atomic mass is 10.2. The molecule has 0 fully saturated rings. The molecule has 2 N–H and O–H groups in total. The number of nitrogens with one attached hydrogen (secondary N) is 1. The SMILES string of the molecule is CCC(COC)NCC(O)C(F)F. The van der Waals surface area contributed by atoms with E-state index < -0.39 is 12.5 Å². The van der Waals surface area contributed by atoms with Gasteiger partial charge in [-0.1, -0.05) is 6.92 Å². The summed E-state index contributed by atoms with van der Waals surface area (Å²) in [7, 11) is 1.55. The molecule has 0 rings (SSSR count). The number of ether oxygens (including phenoxy) is 1. The summed E-state index contributed by atoms with van der Waals surface area (Å²) in [5.74, 6) is 0. The van der Waals surface area contributed by atoms with Gasteiger partial charge in [0.2, 0.25) is 0 Å². The van der Waals surface area contributed by atoms with Crippen LogP contribution in [-0.4, -0.2) is 43.9 Å². The van der Waals surface area contributed by atoms with Crippen LogP contribution in [0, 0.1) is 0 Å². The number of hydrogen-bond donors (Lipinski definition) is 2. The Bertz CT molecular complexity index is 125. The van der Waals surface area contributed by atoms with E-state index in [4.69, 9.17) is 9.84 Å². The predicted molar refractivity (Wildman–Crippen MR) is 46.0 cm³/mol. The van der Waals surface area contributed by atoms with E-state index in [-0.39, 0.29) is 12.6 Å². The van der Waals surface area contributed by atoms with Crippen LogP contribution in [-0.2, 0) is 4.74 Å². The molecule has 0 aliphatic carbocycles. The number of aliphatic hydroxyl groups is 1. The van der Waals surface area contributed by atoms with Crippen molar-refractivity contribution in [1.82, 2.24) is 5.32 Å². The summed E-state index contributed by atoms with van der Waals surface area (Å²) in [6.07, 6.45) is -3.50. The molecule has 0 spiro atoms. The fraction of sp³-hybridized carbons (Fsp3) is 1.00. The van der Waals surface area contributed by atoms with Gasteiger partial charge in [-0.2, -0.15) is 0 Å². The molecule has 0 saturated heterocycles. The van der Waals surface area contributed by atoms with Crippen LogP contribution in [0.3, 0.4) is 0 Å². The summed E-state index contributed by atoms with van der Waals surface area (Å²) in [6, 6.07) is 0.0263. The molecule has 0 amide bonds. The Hall–Kier alpha value is -0.260. The minimum atomic E-state index is -2.69. The number of alkyl halides is 2. The molecular formula is C8H17F2NO2. The van der Waals surface area contributed by atoms with Crippen LogP contribution in [0.1, 0.15) is 13.3 Å². The van der Waals surface area contributed by atoms with Gasteiger partial charge in [0.05, 0.1) is 6.61 Å². The molecule has 0 bridgehead atoms. The van der Waals surface area contributed by atoms with E-state index in [0.717, 1.165) is 6.42 Å². The van der Waals surface area contributed by atoms with Gasteiger partial charge in [0.25, 0.3) is 6.43 Å². The number of rotatable bonds is 7. The zero-order chi connectivity index (χ0) is 10.3. The van der Waals surface area contributed by atoms with Crippen molar-refractivity contribution in [3.63, 3.8) is 0 Å². The average Bonchev–Trinajstić information content (AvgIpc) is 2.11. The maximum absolute atomic E-state index is 11.8. The van der Waals surface area contributed by atoms with Crippen LogP contribution in [0.4, 0.5) is 8.78 Å². The Morgan fingerprint density at radius 2 is 2.08 bits per heavy atom. The topological polar surface area (TPSA) is 41.5 Å². The molecule has 2 atom stereocenters. The highest BCUT2D eigenvalue weighted by Crippen LogP contribution is 2.00. The highest BCUT2D eigenvalue weighted by atomic mass is 19.3. The van der Waals surface area contributed by atoms with Crippen LogP contribution in [0.2, 0.25) is 0 Å². The molecule has 0 heterocycles. The summed E-state index contributed by atoms with van der Waals surface area (Å²) in [6.45, 7) is 2.29. The second kappa shape index (κ2) is 7.17. The highest BCUT2D eigenvalue weighted by Gasteiger charge is 2.17. The predicted octanol–water partition coefficient (Wildman–Crippen LogP) is 0.627. The van der Waals surface area contributed by atoms with Crippen LogP contribution in [0.25, 0.3) is 0 Å². The van der Waals surface area contributed by atoms with Crippen LogP contribution in [0.5, 0.6) is 0 Å². The van der Waals surface area contributed by atoms with Crippen molar-refractivity contribution < 1.29 is 18.6 Å². The Kier molecular flexibility index (Phi) is 7.03. The number of hydrogen-bond acceptors (Lipinski definition) is 3. The van der Waals surface area contributed by atoms with Crippen LogP contribution in [0.15, 0.2) is 0 Å². The van der Waals surface area contributed by atoms with Gasteiger partial charge in [-0.05, 0) is 6.42 Å². The molecule has 0 aliphatic heterocycles. The first-order valence-electron chi connectivity index (χ1n) is 4.30. The van der Waals surface area contributed by atoms with E-state index >= 15 is 0 Å². The van der Waals surface area contributed by atoms with Gasteiger partial charge < -0.3 is 15.2 Å². The van der Waals surface area contributed by atoms with Crippen LogP contribution >= 0.6 is 0 Å². The molecule has 3 nitrogen and oxygen atoms in total. The maximum Gasteiger partial charge on any atom is 0.265 e. The minimum Gasteiger partial charge on any atom is -0.386 e. The molecule has 0 aromatic heterocycles. The van der Waals surface area contributed by atoms with Gasteiger partial charge in [-0.25, -0.2) is 8.78 Å². The van der Waals surface area contributed by atoms with E-state index in [1.54, 1.807) is 7.11 Å². The molecule has 0 aromatic carbocycles. The summed E-state index contributed by atoms with van der Waals surface area (Å²) in [4.78, 5) is 0. The van der Waals surface area contributed by atoms with E-state index in [2.05, 4.69) is 5.32 Å². The van der Waals surface area contributed by atoms with Gasteiger partial charge in [-0.3, -0.25) is 0 Å². The van der Waals surface area contributed by atoms with Gasteiger partial charge in [0, 0.05) is 19.7 Å². The van der Waals surface area contributed by atoms with E-state index in [1.807, 2.05) is 6.92 Å². The quantitative estimate of drug-likeness (QED) is 0.629. The molecule has 0 aromatic rings. The summed E-state index contributed by atoms with van der Waals surface area (Å²) in [5.41, 5.74) is 0. The molecular weight excluding hydrogens is 180 g/mol. The van der Waals surface area contributed by atoms with Crippen molar-refractivity contribution in [3.05, 3.63) is 0 Å².